The van der Waals surface area contributed by atoms with Crippen LogP contribution in [0, 0.1) is 5.82 Å². The largest absolute Gasteiger partial charge is 0.309 e. The van der Waals surface area contributed by atoms with Crippen LogP contribution in [0.15, 0.2) is 53.4 Å². The van der Waals surface area contributed by atoms with Gasteiger partial charge >= 0.3 is 0 Å². The summed E-state index contributed by atoms with van der Waals surface area (Å²) >= 11 is 0. The lowest BCUT2D eigenvalue weighted by Crippen LogP contribution is -2.51. The molecule has 1 unspecified atom stereocenters. The van der Waals surface area contributed by atoms with Gasteiger partial charge in [-0.25, -0.2) is 12.8 Å². The van der Waals surface area contributed by atoms with E-state index in [1.807, 2.05) is 12.1 Å². The SMILES string of the molecule is O=S(=O)(c1ccccc1)N1CCN(CC2NCCc3c(F)cccc32)CC1. The summed E-state index contributed by atoms with van der Waals surface area (Å²) in [6.45, 7) is 3.82. The van der Waals surface area contributed by atoms with E-state index in [4.69, 9.17) is 0 Å². The average Bonchev–Trinajstić information content (AvgIpc) is 2.70. The van der Waals surface area contributed by atoms with Crippen LogP contribution in [-0.2, 0) is 16.4 Å². The summed E-state index contributed by atoms with van der Waals surface area (Å²) in [5.41, 5.74) is 1.84. The van der Waals surface area contributed by atoms with E-state index in [1.54, 1.807) is 34.6 Å². The number of nitrogens with zero attached hydrogens (tertiary/aromatic N) is 2. The molecule has 0 radical (unpaired) electrons. The zero-order valence-electron chi connectivity index (χ0n) is 15.1. The molecule has 144 valence electrons. The van der Waals surface area contributed by atoms with Gasteiger partial charge < -0.3 is 5.32 Å². The molecule has 1 saturated heterocycles. The Bertz CT molecular complexity index is 897. The molecular formula is C20H24FN3O2S. The highest BCUT2D eigenvalue weighted by Gasteiger charge is 2.30. The second kappa shape index (κ2) is 7.67. The van der Waals surface area contributed by atoms with Gasteiger partial charge in [-0.2, -0.15) is 4.31 Å². The van der Waals surface area contributed by atoms with Crippen molar-refractivity contribution in [2.75, 3.05) is 39.3 Å². The highest BCUT2D eigenvalue weighted by atomic mass is 32.2. The highest BCUT2D eigenvalue weighted by molar-refractivity contribution is 7.89. The number of halogens is 1. The maximum atomic E-state index is 14.1. The molecule has 2 aromatic carbocycles. The fraction of sp³-hybridized carbons (Fsp3) is 0.400. The zero-order valence-corrected chi connectivity index (χ0v) is 16.0. The highest BCUT2D eigenvalue weighted by Crippen LogP contribution is 2.26. The summed E-state index contributed by atoms with van der Waals surface area (Å²) in [6, 6.07) is 13.9. The smallest absolute Gasteiger partial charge is 0.243 e. The Hall–Kier alpha value is -1.80. The van der Waals surface area contributed by atoms with Crippen molar-refractivity contribution in [3.8, 4) is 0 Å². The van der Waals surface area contributed by atoms with Gasteiger partial charge in [0, 0.05) is 38.8 Å². The van der Waals surface area contributed by atoms with E-state index in [1.165, 1.54) is 6.07 Å². The summed E-state index contributed by atoms with van der Waals surface area (Å²) in [6.07, 6.45) is 0.710. The first-order chi connectivity index (χ1) is 13.1. The van der Waals surface area contributed by atoms with Crippen LogP contribution >= 0.6 is 0 Å². The van der Waals surface area contributed by atoms with Gasteiger partial charge in [-0.15, -0.1) is 0 Å². The lowest BCUT2D eigenvalue weighted by Gasteiger charge is -2.37. The molecule has 7 heteroatoms. The van der Waals surface area contributed by atoms with Crippen LogP contribution in [0.2, 0.25) is 0 Å². The predicted molar refractivity (Wildman–Crippen MR) is 102 cm³/mol. The fourth-order valence-corrected chi connectivity index (χ4v) is 5.41. The van der Waals surface area contributed by atoms with E-state index in [9.17, 15) is 12.8 Å². The van der Waals surface area contributed by atoms with Crippen LogP contribution in [0.25, 0.3) is 0 Å². The molecule has 0 bridgehead atoms. The number of piperazine rings is 1. The molecule has 2 aromatic rings. The van der Waals surface area contributed by atoms with Crippen molar-refractivity contribution in [2.45, 2.75) is 17.4 Å². The maximum absolute atomic E-state index is 14.1. The summed E-state index contributed by atoms with van der Waals surface area (Å²) < 4.78 is 41.1. The molecule has 0 saturated carbocycles. The number of hydrogen-bond donors (Lipinski definition) is 1. The van der Waals surface area contributed by atoms with Gasteiger partial charge in [0.25, 0.3) is 0 Å². The van der Waals surface area contributed by atoms with Gasteiger partial charge in [0.1, 0.15) is 5.82 Å². The van der Waals surface area contributed by atoms with Gasteiger partial charge in [-0.1, -0.05) is 30.3 Å². The van der Waals surface area contributed by atoms with Crippen molar-refractivity contribution < 1.29 is 12.8 Å². The van der Waals surface area contributed by atoms with Crippen molar-refractivity contribution >= 4 is 10.0 Å². The molecule has 5 nitrogen and oxygen atoms in total. The Balaban J connectivity index is 1.41. The second-order valence-corrected chi connectivity index (χ2v) is 9.02. The Kier molecular flexibility index (Phi) is 5.27. The number of sulfonamides is 1. The topological polar surface area (TPSA) is 52.7 Å². The van der Waals surface area contributed by atoms with Crippen LogP contribution < -0.4 is 5.32 Å². The van der Waals surface area contributed by atoms with Gasteiger partial charge in [0.15, 0.2) is 0 Å². The van der Waals surface area contributed by atoms with Crippen molar-refractivity contribution in [3.05, 3.63) is 65.5 Å². The van der Waals surface area contributed by atoms with Gasteiger partial charge in [-0.05, 0) is 42.3 Å². The van der Waals surface area contributed by atoms with E-state index in [0.717, 1.165) is 24.2 Å². The molecule has 1 fully saturated rings. The van der Waals surface area contributed by atoms with Crippen LogP contribution in [0.3, 0.4) is 0 Å². The third kappa shape index (κ3) is 3.78. The molecule has 0 spiro atoms. The molecule has 2 aliphatic heterocycles. The first kappa shape index (κ1) is 18.6. The van der Waals surface area contributed by atoms with Crippen LogP contribution in [0.5, 0.6) is 0 Å². The van der Waals surface area contributed by atoms with E-state index >= 15 is 0 Å². The lowest BCUT2D eigenvalue weighted by atomic mass is 9.93. The minimum Gasteiger partial charge on any atom is -0.309 e. The summed E-state index contributed by atoms with van der Waals surface area (Å²) in [5.74, 6) is -0.127. The first-order valence-electron chi connectivity index (χ1n) is 9.34. The Morgan fingerprint density at radius 3 is 2.48 bits per heavy atom. The Labute approximate surface area is 159 Å². The van der Waals surface area contributed by atoms with E-state index < -0.39 is 10.0 Å². The molecule has 1 N–H and O–H groups in total. The molecule has 0 aromatic heterocycles. The van der Waals surface area contributed by atoms with E-state index in [2.05, 4.69) is 10.2 Å². The number of fused-ring (bicyclic) bond motifs is 1. The van der Waals surface area contributed by atoms with Gasteiger partial charge in [0.2, 0.25) is 10.0 Å². The molecule has 4 rings (SSSR count). The van der Waals surface area contributed by atoms with Crippen LogP contribution in [-0.4, -0.2) is 56.9 Å². The zero-order chi connectivity index (χ0) is 18.9. The van der Waals surface area contributed by atoms with Crippen molar-refractivity contribution in [1.82, 2.24) is 14.5 Å². The van der Waals surface area contributed by atoms with Crippen LogP contribution in [0.4, 0.5) is 4.39 Å². The third-order valence-corrected chi connectivity index (χ3v) is 7.36. The molecule has 27 heavy (non-hydrogen) atoms. The average molecular weight is 389 g/mol. The van der Waals surface area contributed by atoms with Crippen molar-refractivity contribution in [1.29, 1.82) is 0 Å². The lowest BCUT2D eigenvalue weighted by molar-refractivity contribution is 0.170. The third-order valence-electron chi connectivity index (χ3n) is 5.45. The van der Waals surface area contributed by atoms with E-state index in [-0.39, 0.29) is 11.9 Å². The minimum absolute atomic E-state index is 0.0849. The van der Waals surface area contributed by atoms with Crippen LogP contribution in [0.1, 0.15) is 17.2 Å². The van der Waals surface area contributed by atoms with Crippen molar-refractivity contribution in [3.63, 3.8) is 0 Å². The molecule has 2 heterocycles. The fourth-order valence-electron chi connectivity index (χ4n) is 3.96. The Morgan fingerprint density at radius 1 is 1.00 bits per heavy atom. The number of hydrogen-bond acceptors (Lipinski definition) is 4. The summed E-state index contributed by atoms with van der Waals surface area (Å²) in [5, 5.41) is 3.48. The number of benzene rings is 2. The first-order valence-corrected chi connectivity index (χ1v) is 10.8. The standard InChI is InChI=1S/C20H24FN3O2S/c21-19-8-4-7-18-17(19)9-10-22-20(18)15-23-11-13-24(14-12-23)27(25,26)16-5-2-1-3-6-16/h1-8,20,22H,9-15H2. The summed E-state index contributed by atoms with van der Waals surface area (Å²) in [7, 11) is -3.43. The normalized spacial score (nSPS) is 21.7. The molecule has 2 aliphatic rings. The van der Waals surface area contributed by atoms with Gasteiger partial charge in [0.05, 0.1) is 4.90 Å². The second-order valence-electron chi connectivity index (χ2n) is 7.08. The molecule has 0 aliphatic carbocycles. The summed E-state index contributed by atoms with van der Waals surface area (Å²) in [4.78, 5) is 2.60. The molecular weight excluding hydrogens is 365 g/mol. The predicted octanol–water partition coefficient (Wildman–Crippen LogP) is 2.02. The maximum Gasteiger partial charge on any atom is 0.243 e. The monoisotopic (exact) mass is 389 g/mol. The quantitative estimate of drug-likeness (QED) is 0.869. The number of nitrogens with one attached hydrogen (secondary N) is 1. The Morgan fingerprint density at radius 2 is 1.74 bits per heavy atom. The van der Waals surface area contributed by atoms with E-state index in [0.29, 0.717) is 37.5 Å². The molecule has 0 amide bonds. The molecule has 1 atom stereocenters. The van der Waals surface area contributed by atoms with Gasteiger partial charge in [-0.3, -0.25) is 4.90 Å². The number of rotatable bonds is 4. The van der Waals surface area contributed by atoms with Crippen molar-refractivity contribution in [2.24, 2.45) is 0 Å². The minimum atomic E-state index is -3.43.